The first-order valence-electron chi connectivity index (χ1n) is 6.25. The third-order valence-corrected chi connectivity index (χ3v) is 2.86. The molecule has 5 nitrogen and oxygen atoms in total. The smallest absolute Gasteiger partial charge is 0.340 e. The minimum atomic E-state index is -0.670. The lowest BCUT2D eigenvalue weighted by Gasteiger charge is -1.99. The van der Waals surface area contributed by atoms with Crippen molar-refractivity contribution in [3.05, 3.63) is 76.3 Å². The van der Waals surface area contributed by atoms with Crippen molar-refractivity contribution >= 4 is 22.8 Å². The molecule has 0 amide bonds. The van der Waals surface area contributed by atoms with Crippen LogP contribution in [0.15, 0.2) is 65.4 Å². The highest BCUT2D eigenvalue weighted by Gasteiger charge is 2.04. The first kappa shape index (κ1) is 14.4. The molecule has 0 aliphatic carbocycles. The van der Waals surface area contributed by atoms with Crippen molar-refractivity contribution in [2.75, 3.05) is 7.11 Å². The number of fused-ring (bicyclic) bond motifs is 1. The summed E-state index contributed by atoms with van der Waals surface area (Å²) in [6.07, 6.45) is 4.88. The van der Waals surface area contributed by atoms with E-state index in [4.69, 9.17) is 5.53 Å². The van der Waals surface area contributed by atoms with Crippen LogP contribution in [0.4, 0.5) is 0 Å². The van der Waals surface area contributed by atoms with Crippen molar-refractivity contribution in [1.82, 2.24) is 0 Å². The van der Waals surface area contributed by atoms with E-state index >= 15 is 0 Å². The Balaban J connectivity index is 2.25. The molecule has 2 rings (SSSR count). The van der Waals surface area contributed by atoms with Crippen molar-refractivity contribution in [3.8, 4) is 0 Å². The number of nitrogens with zero attached hydrogens (tertiary/aromatic N) is 3. The van der Waals surface area contributed by atoms with Gasteiger partial charge in [-0.2, -0.15) is 0 Å². The molecule has 0 saturated heterocycles. The Morgan fingerprint density at radius 1 is 1.24 bits per heavy atom. The zero-order valence-corrected chi connectivity index (χ0v) is 11.4. The van der Waals surface area contributed by atoms with E-state index in [0.29, 0.717) is 0 Å². The molecule has 0 atom stereocenters. The van der Waals surface area contributed by atoms with Gasteiger partial charge in [-0.25, -0.2) is 4.79 Å². The van der Waals surface area contributed by atoms with Crippen molar-refractivity contribution < 1.29 is 9.53 Å². The number of allylic oxidation sites excluding steroid dienone is 2. The molecule has 0 bridgehead atoms. The molecule has 21 heavy (non-hydrogen) atoms. The summed E-state index contributed by atoms with van der Waals surface area (Å²) in [7, 11) is 1.23. The van der Waals surface area contributed by atoms with Crippen molar-refractivity contribution in [2.45, 2.75) is 0 Å². The molecule has 0 saturated carbocycles. The van der Waals surface area contributed by atoms with Gasteiger partial charge in [0.15, 0.2) is 0 Å². The second-order valence-electron chi connectivity index (χ2n) is 4.20. The highest BCUT2D eigenvalue weighted by Crippen LogP contribution is 2.16. The second kappa shape index (κ2) is 6.93. The number of azide groups is 1. The minimum Gasteiger partial charge on any atom is -0.466 e. The molecular formula is C16H13N3O2. The second-order valence-corrected chi connectivity index (χ2v) is 4.20. The third-order valence-electron chi connectivity index (χ3n) is 2.86. The Labute approximate surface area is 121 Å². The molecule has 0 aromatic heterocycles. The van der Waals surface area contributed by atoms with E-state index < -0.39 is 5.97 Å². The number of hydrogen-bond donors (Lipinski definition) is 0. The lowest BCUT2D eigenvalue weighted by molar-refractivity contribution is -0.136. The van der Waals surface area contributed by atoms with Crippen LogP contribution >= 0.6 is 0 Å². The monoisotopic (exact) mass is 279 g/mol. The summed E-state index contributed by atoms with van der Waals surface area (Å²) in [6.45, 7) is 0. The van der Waals surface area contributed by atoms with Crippen LogP contribution in [0, 0.1) is 0 Å². The predicted molar refractivity (Wildman–Crippen MR) is 82.2 cm³/mol. The van der Waals surface area contributed by atoms with E-state index in [-0.39, 0.29) is 5.70 Å². The summed E-state index contributed by atoms with van der Waals surface area (Å²) < 4.78 is 4.52. The molecule has 0 N–H and O–H groups in total. The molecule has 0 heterocycles. The van der Waals surface area contributed by atoms with Crippen LogP contribution in [0.2, 0.25) is 0 Å². The standard InChI is InChI=1S/C16H13N3O2/c1-21-16(20)15(18-19-17)8-4-5-12-9-10-13-6-2-3-7-14(13)11-12/h2-11H,1H3/b5-4+,15-8-. The fourth-order valence-electron chi connectivity index (χ4n) is 1.86. The molecule has 2 aromatic carbocycles. The fourth-order valence-corrected chi connectivity index (χ4v) is 1.86. The highest BCUT2D eigenvalue weighted by molar-refractivity contribution is 5.88. The quantitative estimate of drug-likeness (QED) is 0.210. The van der Waals surface area contributed by atoms with Gasteiger partial charge in [-0.3, -0.25) is 0 Å². The summed E-state index contributed by atoms with van der Waals surface area (Å²) in [6, 6.07) is 14.1. The molecule has 0 spiro atoms. The van der Waals surface area contributed by atoms with Gasteiger partial charge in [0.1, 0.15) is 5.70 Å². The van der Waals surface area contributed by atoms with Crippen LogP contribution in [-0.4, -0.2) is 13.1 Å². The van der Waals surface area contributed by atoms with E-state index in [1.165, 1.54) is 13.2 Å². The van der Waals surface area contributed by atoms with Crippen LogP contribution in [0.1, 0.15) is 5.56 Å². The number of rotatable bonds is 4. The van der Waals surface area contributed by atoms with Gasteiger partial charge in [-0.15, -0.1) is 0 Å². The molecule has 0 aliphatic rings. The Hall–Kier alpha value is -3.04. The highest BCUT2D eigenvalue weighted by atomic mass is 16.5. The van der Waals surface area contributed by atoms with Crippen LogP contribution < -0.4 is 0 Å². The zero-order chi connectivity index (χ0) is 15.1. The Morgan fingerprint density at radius 3 is 2.71 bits per heavy atom. The van der Waals surface area contributed by atoms with Gasteiger partial charge in [-0.1, -0.05) is 53.7 Å². The van der Waals surface area contributed by atoms with Gasteiger partial charge in [-0.05, 0) is 34.0 Å². The minimum absolute atomic E-state index is 0.0861. The largest absolute Gasteiger partial charge is 0.466 e. The van der Waals surface area contributed by atoms with E-state index in [1.807, 2.05) is 48.5 Å². The number of esters is 1. The normalized spacial score (nSPS) is 11.4. The van der Waals surface area contributed by atoms with E-state index in [9.17, 15) is 4.79 Å². The Kier molecular flexibility index (Phi) is 4.75. The number of methoxy groups -OCH3 is 1. The fraction of sp³-hybridized carbons (Fsp3) is 0.0625. The van der Waals surface area contributed by atoms with E-state index in [0.717, 1.165) is 16.3 Å². The molecule has 0 unspecified atom stereocenters. The molecular weight excluding hydrogens is 266 g/mol. The molecule has 0 aliphatic heterocycles. The van der Waals surface area contributed by atoms with Crippen molar-refractivity contribution in [1.29, 1.82) is 0 Å². The van der Waals surface area contributed by atoms with Gasteiger partial charge in [0.05, 0.1) is 7.11 Å². The van der Waals surface area contributed by atoms with Crippen molar-refractivity contribution in [2.24, 2.45) is 5.11 Å². The van der Waals surface area contributed by atoms with Gasteiger partial charge < -0.3 is 4.74 Å². The van der Waals surface area contributed by atoms with E-state index in [2.05, 4.69) is 14.8 Å². The molecule has 2 aromatic rings. The summed E-state index contributed by atoms with van der Waals surface area (Å²) in [5.41, 5.74) is 9.30. The first-order valence-corrected chi connectivity index (χ1v) is 6.25. The Bertz CT molecular complexity index is 772. The lowest BCUT2D eigenvalue weighted by atomic mass is 10.1. The maximum Gasteiger partial charge on any atom is 0.340 e. The average Bonchev–Trinajstić information content (AvgIpc) is 2.53. The number of hydrogen-bond acceptors (Lipinski definition) is 3. The maximum absolute atomic E-state index is 11.3. The summed E-state index contributed by atoms with van der Waals surface area (Å²) in [5.74, 6) is -0.670. The number of benzene rings is 2. The van der Waals surface area contributed by atoms with Crippen LogP contribution in [0.25, 0.3) is 27.3 Å². The van der Waals surface area contributed by atoms with Crippen molar-refractivity contribution in [3.63, 3.8) is 0 Å². The zero-order valence-electron chi connectivity index (χ0n) is 11.4. The Morgan fingerprint density at radius 2 is 2.00 bits per heavy atom. The number of carbonyl (C=O) groups is 1. The topological polar surface area (TPSA) is 75.1 Å². The van der Waals surface area contributed by atoms with Crippen LogP contribution in [0.3, 0.4) is 0 Å². The summed E-state index contributed by atoms with van der Waals surface area (Å²) in [5, 5.41) is 5.58. The van der Waals surface area contributed by atoms with Gasteiger partial charge in [0.25, 0.3) is 0 Å². The summed E-state index contributed by atoms with van der Waals surface area (Å²) in [4.78, 5) is 13.9. The molecule has 0 radical (unpaired) electrons. The van der Waals surface area contributed by atoms with Gasteiger partial charge in [0.2, 0.25) is 0 Å². The lowest BCUT2D eigenvalue weighted by Crippen LogP contribution is -2.01. The van der Waals surface area contributed by atoms with Gasteiger partial charge >= 0.3 is 5.97 Å². The van der Waals surface area contributed by atoms with Gasteiger partial charge in [0, 0.05) is 4.91 Å². The van der Waals surface area contributed by atoms with Crippen LogP contribution in [0.5, 0.6) is 0 Å². The number of carbonyl (C=O) groups excluding carboxylic acids is 1. The molecule has 104 valence electrons. The molecule has 5 heteroatoms. The summed E-state index contributed by atoms with van der Waals surface area (Å²) >= 11 is 0. The predicted octanol–water partition coefficient (Wildman–Crippen LogP) is 4.22. The van der Waals surface area contributed by atoms with Crippen LogP contribution in [-0.2, 0) is 9.53 Å². The average molecular weight is 279 g/mol. The van der Waals surface area contributed by atoms with E-state index in [1.54, 1.807) is 6.08 Å². The SMILES string of the molecule is COC(=O)/C(=C/C=C/c1ccc2ccccc2c1)N=[N+]=[N-]. The molecule has 0 fully saturated rings. The number of ether oxygens (including phenoxy) is 1. The first-order chi connectivity index (χ1) is 10.2. The maximum atomic E-state index is 11.3. The third kappa shape index (κ3) is 3.72.